The van der Waals surface area contributed by atoms with E-state index >= 15 is 0 Å². The minimum absolute atomic E-state index is 0.127. The van der Waals surface area contributed by atoms with Crippen LogP contribution in [0.25, 0.3) is 0 Å². The van der Waals surface area contributed by atoms with E-state index in [9.17, 15) is 9.59 Å². The molecule has 5 rings (SSSR count). The molecule has 4 heterocycles. The number of ether oxygens (including phenoxy) is 1. The molecule has 2 aliphatic rings. The predicted octanol–water partition coefficient (Wildman–Crippen LogP) is 4.96. The van der Waals surface area contributed by atoms with E-state index in [2.05, 4.69) is 35.9 Å². The van der Waals surface area contributed by atoms with E-state index in [0.29, 0.717) is 6.42 Å². The number of carbonyl (C=O) groups excluding carboxylic acids is 2. The Balaban J connectivity index is 1.42. The van der Waals surface area contributed by atoms with Gasteiger partial charge in [0, 0.05) is 23.0 Å². The lowest BCUT2D eigenvalue weighted by atomic mass is 9.91. The van der Waals surface area contributed by atoms with Crippen LogP contribution in [0.2, 0.25) is 0 Å². The third-order valence-electron chi connectivity index (χ3n) is 6.46. The summed E-state index contributed by atoms with van der Waals surface area (Å²) in [4.78, 5) is 35.5. The van der Waals surface area contributed by atoms with Gasteiger partial charge in [0.2, 0.25) is 5.91 Å². The zero-order chi connectivity index (χ0) is 23.0. The minimum atomic E-state index is -0.547. The van der Waals surface area contributed by atoms with Gasteiger partial charge in [0.15, 0.2) is 0 Å². The summed E-state index contributed by atoms with van der Waals surface area (Å²) in [7, 11) is 0. The average molecular weight is 462 g/mol. The third kappa shape index (κ3) is 4.13. The van der Waals surface area contributed by atoms with Crippen LogP contribution in [-0.4, -0.2) is 41.1 Å². The number of hydrogen-bond acceptors (Lipinski definition) is 6. The Hall–Kier alpha value is -3.19. The number of amides is 2. The van der Waals surface area contributed by atoms with Crippen molar-refractivity contribution >= 4 is 29.0 Å². The lowest BCUT2D eigenvalue weighted by Crippen LogP contribution is -2.42. The summed E-state index contributed by atoms with van der Waals surface area (Å²) in [6.07, 6.45) is 2.07. The maximum atomic E-state index is 13.6. The van der Waals surface area contributed by atoms with Crippen molar-refractivity contribution in [3.8, 4) is 0 Å². The Morgan fingerprint density at radius 3 is 2.76 bits per heavy atom. The number of aromatic nitrogens is 1. The van der Waals surface area contributed by atoms with Crippen LogP contribution >= 0.6 is 11.3 Å². The topological polar surface area (TPSA) is 62.7 Å². The van der Waals surface area contributed by atoms with E-state index in [4.69, 9.17) is 4.74 Å². The molecule has 2 atom stereocenters. The minimum Gasteiger partial charge on any atom is -0.447 e. The number of carbonyl (C=O) groups is 2. The van der Waals surface area contributed by atoms with E-state index < -0.39 is 6.09 Å². The van der Waals surface area contributed by atoms with Crippen LogP contribution in [0.3, 0.4) is 0 Å². The molecule has 0 saturated carbocycles. The van der Waals surface area contributed by atoms with Crippen molar-refractivity contribution in [2.75, 3.05) is 18.1 Å². The van der Waals surface area contributed by atoms with Gasteiger partial charge in [-0.15, -0.1) is 11.3 Å². The highest BCUT2D eigenvalue weighted by Crippen LogP contribution is 2.45. The van der Waals surface area contributed by atoms with Crippen LogP contribution in [0.4, 0.5) is 10.5 Å². The van der Waals surface area contributed by atoms with E-state index in [0.717, 1.165) is 28.4 Å². The SMILES string of the molecule is CC1(C)CN(C(CC(=O)N2C(=O)OCC2Cc2ccccc2)c2cccs2)c2cccnc21. The Labute approximate surface area is 197 Å². The van der Waals surface area contributed by atoms with E-state index in [1.165, 1.54) is 4.90 Å². The number of pyridine rings is 1. The maximum absolute atomic E-state index is 13.6. The Bertz CT molecular complexity index is 1150. The van der Waals surface area contributed by atoms with Crippen molar-refractivity contribution in [2.45, 2.75) is 44.2 Å². The van der Waals surface area contributed by atoms with Gasteiger partial charge < -0.3 is 9.64 Å². The third-order valence-corrected chi connectivity index (χ3v) is 7.44. The van der Waals surface area contributed by atoms with Crippen LogP contribution in [0.5, 0.6) is 0 Å². The van der Waals surface area contributed by atoms with Gasteiger partial charge in [-0.1, -0.05) is 50.2 Å². The lowest BCUT2D eigenvalue weighted by molar-refractivity contribution is -0.129. The fourth-order valence-electron chi connectivity index (χ4n) is 4.93. The van der Waals surface area contributed by atoms with Gasteiger partial charge in [-0.25, -0.2) is 9.69 Å². The van der Waals surface area contributed by atoms with Gasteiger partial charge in [0.1, 0.15) is 6.61 Å². The molecule has 2 aromatic heterocycles. The molecule has 33 heavy (non-hydrogen) atoms. The molecule has 2 aliphatic heterocycles. The lowest BCUT2D eigenvalue weighted by Gasteiger charge is -2.32. The van der Waals surface area contributed by atoms with Gasteiger partial charge in [0.25, 0.3) is 0 Å². The first-order valence-electron chi connectivity index (χ1n) is 11.2. The second-order valence-electron chi connectivity index (χ2n) is 9.30. The number of fused-ring (bicyclic) bond motifs is 1. The smallest absolute Gasteiger partial charge is 0.416 e. The van der Waals surface area contributed by atoms with Gasteiger partial charge in [0.05, 0.1) is 29.9 Å². The second kappa shape index (κ2) is 8.63. The zero-order valence-corrected chi connectivity index (χ0v) is 19.6. The zero-order valence-electron chi connectivity index (χ0n) is 18.8. The molecule has 0 radical (unpaired) electrons. The molecule has 1 saturated heterocycles. The van der Waals surface area contributed by atoms with Crippen LogP contribution < -0.4 is 4.90 Å². The molecule has 2 amide bonds. The number of benzene rings is 1. The van der Waals surface area contributed by atoms with Crippen molar-refractivity contribution < 1.29 is 14.3 Å². The van der Waals surface area contributed by atoms with Crippen molar-refractivity contribution in [2.24, 2.45) is 0 Å². The molecule has 2 unspecified atom stereocenters. The first-order chi connectivity index (χ1) is 15.9. The predicted molar refractivity (Wildman–Crippen MR) is 128 cm³/mol. The number of imide groups is 1. The number of nitrogens with zero attached hydrogens (tertiary/aromatic N) is 3. The van der Waals surface area contributed by atoms with Crippen LogP contribution in [-0.2, 0) is 21.4 Å². The summed E-state index contributed by atoms with van der Waals surface area (Å²) >= 11 is 1.63. The van der Waals surface area contributed by atoms with E-state index in [1.807, 2.05) is 54.0 Å². The molecule has 0 spiro atoms. The number of thiophene rings is 1. The summed E-state index contributed by atoms with van der Waals surface area (Å²) < 4.78 is 5.30. The first-order valence-corrected chi connectivity index (χ1v) is 12.1. The Morgan fingerprint density at radius 1 is 1.18 bits per heavy atom. The summed E-state index contributed by atoms with van der Waals surface area (Å²) in [5, 5.41) is 2.03. The summed E-state index contributed by atoms with van der Waals surface area (Å²) in [6, 6.07) is 17.5. The second-order valence-corrected chi connectivity index (χ2v) is 10.3. The summed E-state index contributed by atoms with van der Waals surface area (Å²) in [5.74, 6) is -0.202. The molecule has 3 aromatic rings. The van der Waals surface area contributed by atoms with Crippen molar-refractivity contribution in [1.82, 2.24) is 9.88 Å². The van der Waals surface area contributed by atoms with E-state index in [1.54, 1.807) is 11.3 Å². The highest BCUT2D eigenvalue weighted by atomic mass is 32.1. The monoisotopic (exact) mass is 461 g/mol. The summed E-state index contributed by atoms with van der Waals surface area (Å²) in [6.45, 7) is 5.35. The average Bonchev–Trinajstić information content (AvgIpc) is 3.52. The molecule has 1 fully saturated rings. The van der Waals surface area contributed by atoms with E-state index in [-0.39, 0.29) is 36.4 Å². The number of cyclic esters (lactones) is 1. The normalized spacial score (nSPS) is 19.9. The largest absolute Gasteiger partial charge is 0.447 e. The quantitative estimate of drug-likeness (QED) is 0.519. The molecular weight excluding hydrogens is 434 g/mol. The molecule has 7 heteroatoms. The molecular formula is C26H27N3O3S. The molecule has 0 N–H and O–H groups in total. The maximum Gasteiger partial charge on any atom is 0.416 e. The van der Waals surface area contributed by atoms with Crippen molar-refractivity contribution in [3.05, 3.63) is 82.3 Å². The van der Waals surface area contributed by atoms with Crippen LogP contribution in [0.15, 0.2) is 66.2 Å². The molecule has 0 aliphatic carbocycles. The fraction of sp³-hybridized carbons (Fsp3) is 0.346. The first kappa shape index (κ1) is 21.6. The molecule has 6 nitrogen and oxygen atoms in total. The molecule has 1 aromatic carbocycles. The molecule has 0 bridgehead atoms. The number of anilines is 1. The van der Waals surface area contributed by atoms with Gasteiger partial charge in [-0.3, -0.25) is 9.78 Å². The fourth-order valence-corrected chi connectivity index (χ4v) is 5.76. The van der Waals surface area contributed by atoms with Gasteiger partial charge in [-0.05, 0) is 35.6 Å². The Kier molecular flexibility index (Phi) is 5.66. The van der Waals surface area contributed by atoms with Crippen LogP contribution in [0, 0.1) is 0 Å². The van der Waals surface area contributed by atoms with Gasteiger partial charge in [-0.2, -0.15) is 0 Å². The highest BCUT2D eigenvalue weighted by molar-refractivity contribution is 7.10. The summed E-state index contributed by atoms with van der Waals surface area (Å²) in [5.41, 5.74) is 3.05. The standard InChI is InChI=1S/C26H27N3O3S/c1-26(2)17-28(20-10-6-12-27-24(20)26)21(22-11-7-13-33-22)15-23(30)29-19(16-32-25(29)31)14-18-8-4-3-5-9-18/h3-13,19,21H,14-17H2,1-2H3. The van der Waals surface area contributed by atoms with Gasteiger partial charge >= 0.3 is 6.09 Å². The van der Waals surface area contributed by atoms with Crippen molar-refractivity contribution in [3.63, 3.8) is 0 Å². The Morgan fingerprint density at radius 2 is 2.00 bits per heavy atom. The van der Waals surface area contributed by atoms with Crippen molar-refractivity contribution in [1.29, 1.82) is 0 Å². The highest BCUT2D eigenvalue weighted by Gasteiger charge is 2.43. The van der Waals surface area contributed by atoms with Crippen LogP contribution in [0.1, 0.15) is 42.4 Å². The number of rotatable bonds is 6. The number of hydrogen-bond donors (Lipinski definition) is 0. The molecule has 170 valence electrons.